The van der Waals surface area contributed by atoms with Gasteiger partial charge >= 0.3 is 0 Å². The molecule has 1 fully saturated rings. The fraction of sp³-hybridized carbons (Fsp3) is 0.368. The normalized spacial score (nSPS) is 22.8. The zero-order chi connectivity index (χ0) is 17.4. The molecule has 0 bridgehead atoms. The summed E-state index contributed by atoms with van der Waals surface area (Å²) < 4.78 is 6.30. The minimum Gasteiger partial charge on any atom is -0.482 e. The molecule has 0 N–H and O–H groups in total. The molecular weight excluding hydrogens is 340 g/mol. The first kappa shape index (κ1) is 16.4. The van der Waals surface area contributed by atoms with Gasteiger partial charge in [-0.05, 0) is 49.5 Å². The number of nitrogens with zero attached hydrogens (tertiary/aromatic N) is 2. The number of non-ortho nitro benzene ring substituents is 1. The van der Waals surface area contributed by atoms with Crippen LogP contribution in [0.25, 0.3) is 0 Å². The van der Waals surface area contributed by atoms with E-state index in [1.807, 2.05) is 6.07 Å². The Morgan fingerprint density at radius 2 is 1.92 bits per heavy atom. The molecule has 0 aromatic heterocycles. The molecule has 6 heteroatoms. The molecule has 2 unspecified atom stereocenters. The number of nitro benzene ring substituents is 1. The van der Waals surface area contributed by atoms with Crippen LogP contribution >= 0.6 is 11.6 Å². The Morgan fingerprint density at radius 3 is 2.64 bits per heavy atom. The molecule has 0 amide bonds. The summed E-state index contributed by atoms with van der Waals surface area (Å²) in [4.78, 5) is 12.9. The monoisotopic (exact) mass is 358 g/mol. The van der Waals surface area contributed by atoms with Gasteiger partial charge in [0.15, 0.2) is 0 Å². The minimum absolute atomic E-state index is 0.0275. The number of hydrogen-bond acceptors (Lipinski definition) is 4. The van der Waals surface area contributed by atoms with E-state index in [1.54, 1.807) is 6.07 Å². The van der Waals surface area contributed by atoms with Gasteiger partial charge in [-0.15, -0.1) is 0 Å². The van der Waals surface area contributed by atoms with E-state index >= 15 is 0 Å². The molecule has 5 nitrogen and oxygen atoms in total. The van der Waals surface area contributed by atoms with Crippen LogP contribution in [0.2, 0.25) is 5.02 Å². The molecule has 1 aliphatic heterocycles. The highest BCUT2D eigenvalue weighted by atomic mass is 35.5. The van der Waals surface area contributed by atoms with Crippen molar-refractivity contribution in [2.24, 2.45) is 0 Å². The van der Waals surface area contributed by atoms with E-state index in [2.05, 4.69) is 23.1 Å². The van der Waals surface area contributed by atoms with Crippen LogP contribution < -0.4 is 4.74 Å². The molecule has 2 aliphatic rings. The van der Waals surface area contributed by atoms with E-state index in [0.29, 0.717) is 5.75 Å². The molecule has 1 heterocycles. The third-order valence-electron chi connectivity index (χ3n) is 5.13. The van der Waals surface area contributed by atoms with E-state index in [1.165, 1.54) is 36.1 Å². The number of nitro groups is 1. The summed E-state index contributed by atoms with van der Waals surface area (Å²) in [5.74, 6) is 0.498. The second-order valence-electron chi connectivity index (χ2n) is 6.62. The second kappa shape index (κ2) is 6.65. The Morgan fingerprint density at radius 1 is 1.16 bits per heavy atom. The highest BCUT2D eigenvalue weighted by Crippen LogP contribution is 2.41. The van der Waals surface area contributed by atoms with Gasteiger partial charge in [0.05, 0.1) is 16.0 Å². The van der Waals surface area contributed by atoms with Gasteiger partial charge in [-0.25, -0.2) is 0 Å². The van der Waals surface area contributed by atoms with Crippen LogP contribution in [0.15, 0.2) is 42.5 Å². The van der Waals surface area contributed by atoms with Crippen LogP contribution in [0.4, 0.5) is 5.69 Å². The van der Waals surface area contributed by atoms with E-state index in [4.69, 9.17) is 16.3 Å². The standard InChI is InChI=1S/C19H19ClN2O3/c20-16-12-14(22(23)24)7-8-18(16)25-19-15-6-2-1-5-13(15)11-17(19)21-9-3-4-10-21/h1-2,5-8,12,17,19H,3-4,9-11H2. The topological polar surface area (TPSA) is 55.6 Å². The van der Waals surface area contributed by atoms with Gasteiger partial charge in [-0.3, -0.25) is 15.0 Å². The summed E-state index contributed by atoms with van der Waals surface area (Å²) >= 11 is 6.24. The first-order valence-corrected chi connectivity index (χ1v) is 8.94. The molecule has 0 saturated carbocycles. The highest BCUT2D eigenvalue weighted by molar-refractivity contribution is 6.32. The van der Waals surface area contributed by atoms with Gasteiger partial charge in [0.2, 0.25) is 0 Å². The third kappa shape index (κ3) is 3.10. The first-order valence-electron chi connectivity index (χ1n) is 8.56. The molecule has 0 radical (unpaired) electrons. The zero-order valence-electron chi connectivity index (χ0n) is 13.7. The largest absolute Gasteiger partial charge is 0.482 e. The molecule has 1 saturated heterocycles. The third-order valence-corrected chi connectivity index (χ3v) is 5.43. The van der Waals surface area contributed by atoms with Crippen molar-refractivity contribution in [1.29, 1.82) is 0 Å². The lowest BCUT2D eigenvalue weighted by Gasteiger charge is -2.30. The maximum atomic E-state index is 10.9. The van der Waals surface area contributed by atoms with Crippen molar-refractivity contribution < 1.29 is 9.66 Å². The molecule has 2 aromatic rings. The Labute approximate surface area is 151 Å². The average molecular weight is 359 g/mol. The summed E-state index contributed by atoms with van der Waals surface area (Å²) in [6, 6.07) is 13.0. The fourth-order valence-electron chi connectivity index (χ4n) is 3.91. The van der Waals surface area contributed by atoms with Crippen LogP contribution in [0, 0.1) is 10.1 Å². The number of halogens is 1. The first-order chi connectivity index (χ1) is 12.1. The summed E-state index contributed by atoms with van der Waals surface area (Å²) in [5.41, 5.74) is 2.47. The molecule has 1 aliphatic carbocycles. The van der Waals surface area contributed by atoms with Crippen LogP contribution in [0.5, 0.6) is 5.75 Å². The number of fused-ring (bicyclic) bond motifs is 1. The van der Waals surface area contributed by atoms with E-state index in [9.17, 15) is 10.1 Å². The highest BCUT2D eigenvalue weighted by Gasteiger charge is 2.39. The van der Waals surface area contributed by atoms with Crippen LogP contribution in [-0.2, 0) is 6.42 Å². The molecule has 2 aromatic carbocycles. The van der Waals surface area contributed by atoms with Crippen molar-refractivity contribution in [3.05, 3.63) is 68.7 Å². The lowest BCUT2D eigenvalue weighted by molar-refractivity contribution is -0.384. The molecule has 25 heavy (non-hydrogen) atoms. The van der Waals surface area contributed by atoms with Gasteiger partial charge in [-0.1, -0.05) is 35.9 Å². The average Bonchev–Trinajstić information content (AvgIpc) is 3.24. The lowest BCUT2D eigenvalue weighted by atomic mass is 10.1. The van der Waals surface area contributed by atoms with Gasteiger partial charge in [0.25, 0.3) is 5.69 Å². The summed E-state index contributed by atoms with van der Waals surface area (Å²) in [5, 5.41) is 11.2. The molecule has 2 atom stereocenters. The quantitative estimate of drug-likeness (QED) is 0.601. The maximum absolute atomic E-state index is 10.9. The Balaban J connectivity index is 1.65. The maximum Gasteiger partial charge on any atom is 0.271 e. The van der Waals surface area contributed by atoms with Crippen molar-refractivity contribution in [2.45, 2.75) is 31.4 Å². The van der Waals surface area contributed by atoms with Crippen molar-refractivity contribution in [1.82, 2.24) is 4.90 Å². The van der Waals surface area contributed by atoms with Crippen molar-refractivity contribution in [3.63, 3.8) is 0 Å². The summed E-state index contributed by atoms with van der Waals surface area (Å²) in [6.45, 7) is 2.18. The number of likely N-dealkylation sites (tertiary alicyclic amines) is 1. The fourth-order valence-corrected chi connectivity index (χ4v) is 4.13. The molecule has 0 spiro atoms. The summed E-state index contributed by atoms with van der Waals surface area (Å²) in [6.07, 6.45) is 3.30. The van der Waals surface area contributed by atoms with Gasteiger partial charge < -0.3 is 4.74 Å². The predicted octanol–water partition coefficient (Wildman–Crippen LogP) is 4.39. The zero-order valence-corrected chi connectivity index (χ0v) is 14.5. The SMILES string of the molecule is O=[N+]([O-])c1ccc(OC2c3ccccc3CC2N2CCCC2)c(Cl)c1. The van der Waals surface area contributed by atoms with Crippen LogP contribution in [0.1, 0.15) is 30.1 Å². The Bertz CT molecular complexity index is 805. The number of benzene rings is 2. The lowest BCUT2D eigenvalue weighted by Crippen LogP contribution is -2.38. The smallest absolute Gasteiger partial charge is 0.271 e. The van der Waals surface area contributed by atoms with Gasteiger partial charge in [0.1, 0.15) is 11.9 Å². The van der Waals surface area contributed by atoms with Crippen molar-refractivity contribution >= 4 is 17.3 Å². The van der Waals surface area contributed by atoms with Crippen molar-refractivity contribution in [3.8, 4) is 5.75 Å². The number of ether oxygens (including phenoxy) is 1. The van der Waals surface area contributed by atoms with E-state index in [-0.39, 0.29) is 22.9 Å². The van der Waals surface area contributed by atoms with E-state index in [0.717, 1.165) is 19.5 Å². The van der Waals surface area contributed by atoms with Crippen molar-refractivity contribution in [2.75, 3.05) is 13.1 Å². The van der Waals surface area contributed by atoms with Crippen LogP contribution in [0.3, 0.4) is 0 Å². The Kier molecular flexibility index (Phi) is 4.36. The molecule has 4 rings (SSSR count). The molecule has 130 valence electrons. The molecular formula is C19H19ClN2O3. The second-order valence-corrected chi connectivity index (χ2v) is 7.03. The minimum atomic E-state index is -0.451. The van der Waals surface area contributed by atoms with Gasteiger partial charge in [-0.2, -0.15) is 0 Å². The van der Waals surface area contributed by atoms with E-state index < -0.39 is 4.92 Å². The number of rotatable bonds is 4. The Hall–Kier alpha value is -2.11. The summed E-state index contributed by atoms with van der Waals surface area (Å²) in [7, 11) is 0. The van der Waals surface area contributed by atoms with Gasteiger partial charge in [0, 0.05) is 12.1 Å². The van der Waals surface area contributed by atoms with Crippen LogP contribution in [-0.4, -0.2) is 29.0 Å². The number of hydrogen-bond donors (Lipinski definition) is 0. The predicted molar refractivity (Wildman–Crippen MR) is 96.2 cm³/mol.